The Bertz CT molecular complexity index is 981. The zero-order valence-corrected chi connectivity index (χ0v) is 14.5. The summed E-state index contributed by atoms with van der Waals surface area (Å²) in [6.45, 7) is 1.86. The number of hydrogen-bond donors (Lipinski definition) is 0. The van der Waals surface area contributed by atoms with Crippen molar-refractivity contribution in [1.29, 1.82) is 0 Å². The lowest BCUT2D eigenvalue weighted by molar-refractivity contribution is 0.586. The van der Waals surface area contributed by atoms with Gasteiger partial charge in [-0.25, -0.2) is 16.8 Å². The van der Waals surface area contributed by atoms with E-state index in [4.69, 9.17) is 11.6 Å². The van der Waals surface area contributed by atoms with E-state index in [1.54, 1.807) is 12.1 Å². The monoisotopic (exact) mass is 401 g/mol. The Balaban J connectivity index is 2.32. The third kappa shape index (κ3) is 2.45. The lowest BCUT2D eigenvalue weighted by Crippen LogP contribution is -2.12. The van der Waals surface area contributed by atoms with Gasteiger partial charge in [0.05, 0.1) is 4.90 Å². The minimum absolute atomic E-state index is 0.0307. The first-order valence-electron chi connectivity index (χ1n) is 6.28. The molecule has 114 valence electrons. The number of benzene rings is 2. The lowest BCUT2D eigenvalue weighted by Gasteiger charge is -2.08. The van der Waals surface area contributed by atoms with Crippen LogP contribution in [0.25, 0.3) is 10.9 Å². The van der Waals surface area contributed by atoms with Gasteiger partial charge in [0, 0.05) is 21.1 Å². The van der Waals surface area contributed by atoms with Gasteiger partial charge in [-0.05, 0) is 47.1 Å². The maximum atomic E-state index is 14.2. The third-order valence-corrected chi connectivity index (χ3v) is 5.84. The molecule has 0 aliphatic carbocycles. The Morgan fingerprint density at radius 3 is 2.45 bits per heavy atom. The van der Waals surface area contributed by atoms with E-state index in [1.165, 1.54) is 24.4 Å². The first kappa shape index (κ1) is 15.5. The van der Waals surface area contributed by atoms with Gasteiger partial charge in [0.1, 0.15) is 11.3 Å². The average Bonchev–Trinajstić information content (AvgIpc) is 2.78. The van der Waals surface area contributed by atoms with Crippen molar-refractivity contribution in [3.05, 3.63) is 63.5 Å². The number of rotatable bonds is 2. The quantitative estimate of drug-likeness (QED) is 0.621. The molecule has 0 unspecified atom stereocenters. The molecule has 0 bridgehead atoms. The van der Waals surface area contributed by atoms with Gasteiger partial charge in [-0.1, -0.05) is 29.3 Å². The zero-order valence-electron chi connectivity index (χ0n) is 11.3. The second-order valence-electron chi connectivity index (χ2n) is 4.87. The van der Waals surface area contributed by atoms with Gasteiger partial charge in [0.25, 0.3) is 10.0 Å². The van der Waals surface area contributed by atoms with Crippen LogP contribution in [0, 0.1) is 12.7 Å². The van der Waals surface area contributed by atoms with Crippen molar-refractivity contribution < 1.29 is 12.8 Å². The van der Waals surface area contributed by atoms with Crippen LogP contribution >= 0.6 is 27.5 Å². The fraction of sp³-hybridized carbons (Fsp3) is 0.0667. The maximum Gasteiger partial charge on any atom is 0.268 e. The molecular formula is C15H10BrClFNO2S. The van der Waals surface area contributed by atoms with Crippen molar-refractivity contribution in [1.82, 2.24) is 3.97 Å². The highest BCUT2D eigenvalue weighted by atomic mass is 79.9. The largest absolute Gasteiger partial charge is 0.268 e. The van der Waals surface area contributed by atoms with Crippen molar-refractivity contribution >= 4 is 48.5 Å². The standard InChI is InChI=1S/C15H10BrClFNO2S/c1-9-2-4-11(5-3-9)22(20,21)19-8-13(16)12-6-10(17)7-14(18)15(12)19/h2-8H,1H3. The molecule has 3 aromatic rings. The highest BCUT2D eigenvalue weighted by Gasteiger charge is 2.23. The van der Waals surface area contributed by atoms with E-state index in [0.717, 1.165) is 15.6 Å². The van der Waals surface area contributed by atoms with Gasteiger partial charge in [-0.3, -0.25) is 0 Å². The smallest absolute Gasteiger partial charge is 0.237 e. The molecule has 0 aliphatic rings. The fourth-order valence-corrected chi connectivity index (χ4v) is 4.45. The molecule has 0 fully saturated rings. The predicted molar refractivity (Wildman–Crippen MR) is 88.4 cm³/mol. The molecule has 0 atom stereocenters. The predicted octanol–water partition coefficient (Wildman–Crippen LogP) is 4.74. The Hall–Kier alpha value is -1.37. The number of hydrogen-bond acceptors (Lipinski definition) is 2. The van der Waals surface area contributed by atoms with Crippen molar-refractivity contribution in [3.8, 4) is 0 Å². The van der Waals surface area contributed by atoms with Crippen molar-refractivity contribution in [2.24, 2.45) is 0 Å². The number of aromatic nitrogens is 1. The molecule has 22 heavy (non-hydrogen) atoms. The summed E-state index contributed by atoms with van der Waals surface area (Å²) >= 11 is 9.09. The highest BCUT2D eigenvalue weighted by Crippen LogP contribution is 2.33. The Labute approximate surface area is 140 Å². The van der Waals surface area contributed by atoms with Gasteiger partial charge in [-0.2, -0.15) is 0 Å². The van der Waals surface area contributed by atoms with Gasteiger partial charge >= 0.3 is 0 Å². The molecule has 0 N–H and O–H groups in total. The molecule has 0 amide bonds. The second kappa shape index (κ2) is 5.37. The number of aryl methyl sites for hydroxylation is 1. The summed E-state index contributed by atoms with van der Waals surface area (Å²) < 4.78 is 41.1. The summed E-state index contributed by atoms with van der Waals surface area (Å²) in [6.07, 6.45) is 1.33. The maximum absolute atomic E-state index is 14.2. The summed E-state index contributed by atoms with van der Waals surface area (Å²) in [5, 5.41) is 0.608. The number of fused-ring (bicyclic) bond motifs is 1. The molecule has 0 radical (unpaired) electrons. The summed E-state index contributed by atoms with van der Waals surface area (Å²) in [4.78, 5) is 0.0943. The SMILES string of the molecule is Cc1ccc(S(=O)(=O)n2cc(Br)c3cc(Cl)cc(F)c32)cc1. The number of nitrogens with zero attached hydrogens (tertiary/aromatic N) is 1. The molecular weight excluding hydrogens is 393 g/mol. The average molecular weight is 403 g/mol. The van der Waals surface area contributed by atoms with Crippen LogP contribution in [0.1, 0.15) is 5.56 Å². The lowest BCUT2D eigenvalue weighted by atomic mass is 10.2. The Morgan fingerprint density at radius 1 is 1.18 bits per heavy atom. The topological polar surface area (TPSA) is 39.1 Å². The third-order valence-electron chi connectivity index (χ3n) is 3.31. The highest BCUT2D eigenvalue weighted by molar-refractivity contribution is 9.10. The molecule has 3 rings (SSSR count). The van der Waals surface area contributed by atoms with Gasteiger partial charge in [-0.15, -0.1) is 0 Å². The van der Waals surface area contributed by atoms with Gasteiger partial charge in [0.15, 0.2) is 0 Å². The summed E-state index contributed by atoms with van der Waals surface area (Å²) in [7, 11) is -3.89. The van der Waals surface area contributed by atoms with Gasteiger partial charge in [0.2, 0.25) is 0 Å². The summed E-state index contributed by atoms with van der Waals surface area (Å²) in [6, 6.07) is 9.00. The zero-order chi connectivity index (χ0) is 16.1. The van der Waals surface area contributed by atoms with E-state index in [2.05, 4.69) is 15.9 Å². The van der Waals surface area contributed by atoms with Gasteiger partial charge < -0.3 is 0 Å². The van der Waals surface area contributed by atoms with E-state index < -0.39 is 15.8 Å². The molecule has 1 aromatic heterocycles. The van der Waals surface area contributed by atoms with Crippen molar-refractivity contribution in [3.63, 3.8) is 0 Å². The molecule has 3 nitrogen and oxygen atoms in total. The molecule has 0 saturated heterocycles. The first-order valence-corrected chi connectivity index (χ1v) is 8.89. The van der Waals surface area contributed by atoms with E-state index in [1.807, 2.05) is 6.92 Å². The number of halogens is 3. The van der Waals surface area contributed by atoms with E-state index >= 15 is 0 Å². The molecule has 1 heterocycles. The summed E-state index contributed by atoms with van der Waals surface area (Å²) in [5.74, 6) is -0.691. The molecule has 0 saturated carbocycles. The Kier molecular flexibility index (Phi) is 3.79. The van der Waals surface area contributed by atoms with Crippen LogP contribution in [0.4, 0.5) is 4.39 Å². The van der Waals surface area contributed by atoms with E-state index in [9.17, 15) is 12.8 Å². The van der Waals surface area contributed by atoms with Crippen LogP contribution in [-0.4, -0.2) is 12.4 Å². The summed E-state index contributed by atoms with van der Waals surface area (Å²) in [5.41, 5.74) is 0.910. The fourth-order valence-electron chi connectivity index (χ4n) is 2.22. The van der Waals surface area contributed by atoms with Crippen LogP contribution in [0.2, 0.25) is 5.02 Å². The van der Waals surface area contributed by atoms with Crippen molar-refractivity contribution in [2.45, 2.75) is 11.8 Å². The van der Waals surface area contributed by atoms with E-state index in [-0.39, 0.29) is 15.4 Å². The normalized spacial score (nSPS) is 12.0. The second-order valence-corrected chi connectivity index (χ2v) is 7.98. The molecule has 0 aliphatic heterocycles. The van der Waals surface area contributed by atoms with Crippen molar-refractivity contribution in [2.75, 3.05) is 0 Å². The van der Waals surface area contributed by atoms with E-state index in [0.29, 0.717) is 9.86 Å². The molecule has 7 heteroatoms. The van der Waals surface area contributed by atoms with Crippen LogP contribution in [0.15, 0.2) is 52.0 Å². The van der Waals surface area contributed by atoms with Crippen LogP contribution in [-0.2, 0) is 10.0 Å². The minimum Gasteiger partial charge on any atom is -0.237 e. The van der Waals surface area contributed by atoms with Crippen LogP contribution in [0.5, 0.6) is 0 Å². The molecule has 0 spiro atoms. The van der Waals surface area contributed by atoms with Crippen LogP contribution < -0.4 is 0 Å². The molecule has 2 aromatic carbocycles. The Morgan fingerprint density at radius 2 is 1.82 bits per heavy atom. The minimum atomic E-state index is -3.89. The van der Waals surface area contributed by atoms with Crippen LogP contribution in [0.3, 0.4) is 0 Å². The first-order chi connectivity index (χ1) is 10.3.